The molecular weight excluding hydrogens is 312 g/mol. The lowest BCUT2D eigenvalue weighted by atomic mass is 10.00. The first-order chi connectivity index (χ1) is 12.2. The van der Waals surface area contributed by atoms with E-state index in [9.17, 15) is 10.2 Å². The number of aliphatic hydroxyl groups is 2. The highest BCUT2D eigenvalue weighted by molar-refractivity contribution is 5.20. The van der Waals surface area contributed by atoms with E-state index in [2.05, 4.69) is 40.0 Å². The van der Waals surface area contributed by atoms with Crippen molar-refractivity contribution in [3.8, 4) is 12.3 Å². The maximum Gasteiger partial charge on any atom is 0.177 e. The molecule has 1 heterocycles. The number of nitrogens with zero attached hydrogens (tertiary/aromatic N) is 2. The van der Waals surface area contributed by atoms with Gasteiger partial charge in [0, 0.05) is 26.2 Å². The summed E-state index contributed by atoms with van der Waals surface area (Å²) in [5.74, 6) is 2.42. The zero-order valence-corrected chi connectivity index (χ0v) is 14.3. The molecule has 2 aromatic rings. The quantitative estimate of drug-likeness (QED) is 0.788. The molecule has 0 amide bonds. The first kappa shape index (κ1) is 17.7. The van der Waals surface area contributed by atoms with Gasteiger partial charge in [-0.1, -0.05) is 66.6 Å². The average molecular weight is 336 g/mol. The van der Waals surface area contributed by atoms with Gasteiger partial charge in [0.25, 0.3) is 0 Å². The molecule has 1 aliphatic heterocycles. The second-order valence-electron chi connectivity index (χ2n) is 6.51. The average Bonchev–Trinajstić information content (AvgIpc) is 3.05. The third-order valence-electron chi connectivity index (χ3n) is 4.74. The summed E-state index contributed by atoms with van der Waals surface area (Å²) in [5.41, 5.74) is 0.720. The van der Waals surface area contributed by atoms with Gasteiger partial charge in [-0.3, -0.25) is 9.80 Å². The molecule has 3 rings (SSSR count). The second-order valence-corrected chi connectivity index (χ2v) is 6.51. The first-order valence-corrected chi connectivity index (χ1v) is 8.53. The van der Waals surface area contributed by atoms with E-state index in [1.807, 2.05) is 36.4 Å². The first-order valence-electron chi connectivity index (χ1n) is 8.53. The topological polar surface area (TPSA) is 46.9 Å². The molecule has 2 N–H and O–H groups in total. The Morgan fingerprint density at radius 1 is 0.920 bits per heavy atom. The summed E-state index contributed by atoms with van der Waals surface area (Å²) >= 11 is 0. The molecule has 1 saturated heterocycles. The molecule has 130 valence electrons. The minimum absolute atomic E-state index is 0.428. The van der Waals surface area contributed by atoms with Gasteiger partial charge in [0.05, 0.1) is 6.61 Å². The molecule has 0 saturated carbocycles. The highest BCUT2D eigenvalue weighted by Gasteiger charge is 2.46. The van der Waals surface area contributed by atoms with Crippen LogP contribution in [-0.2, 0) is 13.1 Å². The normalized spacial score (nSPS) is 18.8. The molecule has 0 spiro atoms. The SMILES string of the molecule is C#C[C@@](O)(CO)C1N(Cc2ccccc2)CCN1Cc1ccccc1. The van der Waals surface area contributed by atoms with Crippen LogP contribution >= 0.6 is 0 Å². The summed E-state index contributed by atoms with van der Waals surface area (Å²) in [7, 11) is 0. The minimum atomic E-state index is -1.60. The van der Waals surface area contributed by atoms with Gasteiger partial charge >= 0.3 is 0 Å². The van der Waals surface area contributed by atoms with Crippen LogP contribution in [0.2, 0.25) is 0 Å². The fourth-order valence-electron chi connectivity index (χ4n) is 3.51. The van der Waals surface area contributed by atoms with Gasteiger partial charge in [0.2, 0.25) is 0 Å². The molecule has 2 aromatic carbocycles. The van der Waals surface area contributed by atoms with E-state index < -0.39 is 18.4 Å². The van der Waals surface area contributed by atoms with E-state index in [0.29, 0.717) is 13.1 Å². The Morgan fingerprint density at radius 2 is 1.36 bits per heavy atom. The van der Waals surface area contributed by atoms with Crippen molar-refractivity contribution in [2.75, 3.05) is 19.7 Å². The molecule has 0 radical (unpaired) electrons. The maximum absolute atomic E-state index is 10.9. The summed E-state index contributed by atoms with van der Waals surface area (Å²) in [4.78, 5) is 4.29. The number of rotatable bonds is 6. The lowest BCUT2D eigenvalue weighted by Gasteiger charge is -2.39. The monoisotopic (exact) mass is 336 g/mol. The van der Waals surface area contributed by atoms with Crippen molar-refractivity contribution >= 4 is 0 Å². The third kappa shape index (κ3) is 3.92. The fraction of sp³-hybridized carbons (Fsp3) is 0.333. The van der Waals surface area contributed by atoms with Crippen molar-refractivity contribution in [3.63, 3.8) is 0 Å². The van der Waals surface area contributed by atoms with Gasteiger partial charge in [-0.15, -0.1) is 6.42 Å². The number of benzene rings is 2. The number of hydrogen-bond donors (Lipinski definition) is 2. The Hall–Kier alpha value is -2.16. The molecule has 1 fully saturated rings. The number of hydrogen-bond acceptors (Lipinski definition) is 4. The van der Waals surface area contributed by atoms with E-state index in [1.54, 1.807) is 0 Å². The van der Waals surface area contributed by atoms with Crippen LogP contribution in [0.3, 0.4) is 0 Å². The van der Waals surface area contributed by atoms with Crippen LogP contribution in [0.25, 0.3) is 0 Å². The largest absolute Gasteiger partial charge is 0.392 e. The lowest BCUT2D eigenvalue weighted by molar-refractivity contribution is -0.0772. The molecule has 25 heavy (non-hydrogen) atoms. The van der Waals surface area contributed by atoms with Crippen LogP contribution in [0.5, 0.6) is 0 Å². The molecule has 0 bridgehead atoms. The zero-order chi connectivity index (χ0) is 17.7. The highest BCUT2D eigenvalue weighted by atomic mass is 16.3. The van der Waals surface area contributed by atoms with Crippen molar-refractivity contribution in [1.82, 2.24) is 9.80 Å². The van der Waals surface area contributed by atoms with E-state index in [-0.39, 0.29) is 0 Å². The van der Waals surface area contributed by atoms with Gasteiger partial charge < -0.3 is 10.2 Å². The molecular formula is C21H24N2O2. The fourth-order valence-corrected chi connectivity index (χ4v) is 3.51. The Kier molecular flexibility index (Phi) is 5.52. The van der Waals surface area contributed by atoms with Crippen LogP contribution in [0.15, 0.2) is 60.7 Å². The highest BCUT2D eigenvalue weighted by Crippen LogP contribution is 2.28. The number of aliphatic hydroxyl groups excluding tert-OH is 1. The van der Waals surface area contributed by atoms with Crippen LogP contribution < -0.4 is 0 Å². The Labute approximate surface area is 149 Å². The Morgan fingerprint density at radius 3 is 1.72 bits per heavy atom. The number of terminal acetylenes is 1. The van der Waals surface area contributed by atoms with Crippen molar-refractivity contribution in [2.24, 2.45) is 0 Å². The van der Waals surface area contributed by atoms with Gasteiger partial charge in [-0.25, -0.2) is 0 Å². The summed E-state index contributed by atoms with van der Waals surface area (Å²) in [6.07, 6.45) is 5.17. The van der Waals surface area contributed by atoms with Crippen molar-refractivity contribution in [1.29, 1.82) is 0 Å². The van der Waals surface area contributed by atoms with Crippen LogP contribution in [0.1, 0.15) is 11.1 Å². The summed E-state index contributed by atoms with van der Waals surface area (Å²) in [6, 6.07) is 20.2. The molecule has 0 aliphatic carbocycles. The minimum Gasteiger partial charge on any atom is -0.392 e. The molecule has 0 aromatic heterocycles. The summed E-state index contributed by atoms with van der Waals surface area (Å²) in [6.45, 7) is 2.47. The second kappa shape index (κ2) is 7.81. The van der Waals surface area contributed by atoms with E-state index in [0.717, 1.165) is 24.2 Å². The van der Waals surface area contributed by atoms with Crippen LogP contribution in [0, 0.1) is 12.3 Å². The van der Waals surface area contributed by atoms with Gasteiger partial charge in [-0.05, 0) is 11.1 Å². The predicted molar refractivity (Wildman–Crippen MR) is 98.4 cm³/mol. The third-order valence-corrected chi connectivity index (χ3v) is 4.74. The van der Waals surface area contributed by atoms with Gasteiger partial charge in [0.1, 0.15) is 6.17 Å². The molecule has 4 nitrogen and oxygen atoms in total. The standard InChI is InChI=1S/C21H24N2O2/c1-2-21(25,17-24)20-22(15-18-9-5-3-6-10-18)13-14-23(20)16-19-11-7-4-8-12-19/h1,3-12,20,24-25H,13-17H2/t21-/m1/s1. The van der Waals surface area contributed by atoms with Gasteiger partial charge in [0.15, 0.2) is 5.60 Å². The lowest BCUT2D eigenvalue weighted by Crippen LogP contribution is -2.57. The van der Waals surface area contributed by atoms with E-state index >= 15 is 0 Å². The van der Waals surface area contributed by atoms with Gasteiger partial charge in [-0.2, -0.15) is 0 Å². The molecule has 0 unspecified atom stereocenters. The van der Waals surface area contributed by atoms with Crippen molar-refractivity contribution in [3.05, 3.63) is 71.8 Å². The maximum atomic E-state index is 10.9. The zero-order valence-electron chi connectivity index (χ0n) is 14.3. The van der Waals surface area contributed by atoms with E-state index in [1.165, 1.54) is 0 Å². The molecule has 4 heteroatoms. The van der Waals surface area contributed by atoms with E-state index in [4.69, 9.17) is 6.42 Å². The smallest absolute Gasteiger partial charge is 0.177 e. The van der Waals surface area contributed by atoms with Crippen LogP contribution in [0.4, 0.5) is 0 Å². The molecule has 1 atom stereocenters. The van der Waals surface area contributed by atoms with Crippen molar-refractivity contribution in [2.45, 2.75) is 24.9 Å². The Balaban J connectivity index is 1.84. The predicted octanol–water partition coefficient (Wildman–Crippen LogP) is 1.69. The summed E-state index contributed by atoms with van der Waals surface area (Å²) in [5, 5.41) is 20.6. The molecule has 1 aliphatic rings. The Bertz CT molecular complexity index is 664. The van der Waals surface area contributed by atoms with Crippen molar-refractivity contribution < 1.29 is 10.2 Å². The van der Waals surface area contributed by atoms with Crippen LogP contribution in [-0.4, -0.2) is 51.5 Å². The summed E-state index contributed by atoms with van der Waals surface area (Å²) < 4.78 is 0.